The van der Waals surface area contributed by atoms with E-state index in [1.807, 2.05) is 0 Å². The molecule has 112 valence electrons. The normalized spacial score (nSPS) is 25.8. The molecule has 2 rings (SSSR count). The van der Waals surface area contributed by atoms with E-state index in [-0.39, 0.29) is 18.9 Å². The second kappa shape index (κ2) is 6.69. The number of amides is 3. The van der Waals surface area contributed by atoms with Crippen molar-refractivity contribution < 1.29 is 19.5 Å². The summed E-state index contributed by atoms with van der Waals surface area (Å²) in [4.78, 5) is 35.8. The largest absolute Gasteiger partial charge is 0.481 e. The van der Waals surface area contributed by atoms with Crippen LogP contribution in [0.25, 0.3) is 0 Å². The fourth-order valence-electron chi connectivity index (χ4n) is 2.99. The van der Waals surface area contributed by atoms with Gasteiger partial charge in [-0.3, -0.25) is 14.9 Å². The molecule has 2 heterocycles. The van der Waals surface area contributed by atoms with E-state index in [0.717, 1.165) is 25.9 Å². The van der Waals surface area contributed by atoms with E-state index in [1.54, 1.807) is 0 Å². The number of carbonyl (C=O) groups is 3. The molecule has 0 spiro atoms. The first-order chi connectivity index (χ1) is 9.54. The molecule has 3 amide bonds. The third kappa shape index (κ3) is 4.19. The summed E-state index contributed by atoms with van der Waals surface area (Å²) in [5.74, 6) is -1.60. The molecule has 0 aromatic rings. The number of carboxylic acid groups (broad SMARTS) is 1. The van der Waals surface area contributed by atoms with Crippen LogP contribution in [0.15, 0.2) is 0 Å². The highest BCUT2D eigenvalue weighted by molar-refractivity contribution is 5.95. The fraction of sp³-hybridized carbons (Fsp3) is 0.769. The van der Waals surface area contributed by atoms with E-state index in [2.05, 4.69) is 15.5 Å². The number of urea groups is 1. The minimum atomic E-state index is -1.05. The molecular formula is C13H21N3O4. The van der Waals surface area contributed by atoms with Crippen LogP contribution in [0.3, 0.4) is 0 Å². The molecular weight excluding hydrogens is 262 g/mol. The van der Waals surface area contributed by atoms with Gasteiger partial charge in [0.05, 0.1) is 6.42 Å². The van der Waals surface area contributed by atoms with Crippen LogP contribution in [0.4, 0.5) is 4.79 Å². The van der Waals surface area contributed by atoms with Crippen molar-refractivity contribution in [1.29, 1.82) is 0 Å². The molecule has 0 aromatic heterocycles. The Balaban J connectivity index is 1.69. The quantitative estimate of drug-likeness (QED) is 0.689. The van der Waals surface area contributed by atoms with Gasteiger partial charge in [-0.25, -0.2) is 4.79 Å². The molecule has 3 N–H and O–H groups in total. The smallest absolute Gasteiger partial charge is 0.321 e. The molecule has 2 fully saturated rings. The maximum Gasteiger partial charge on any atom is 0.321 e. The molecule has 7 heteroatoms. The number of carboxylic acids is 1. The summed E-state index contributed by atoms with van der Waals surface area (Å²) in [6.07, 6.45) is 3.78. The number of imide groups is 1. The van der Waals surface area contributed by atoms with E-state index in [4.69, 9.17) is 5.11 Å². The van der Waals surface area contributed by atoms with Gasteiger partial charge in [0.1, 0.15) is 0 Å². The Morgan fingerprint density at radius 3 is 2.70 bits per heavy atom. The topological polar surface area (TPSA) is 98.7 Å². The van der Waals surface area contributed by atoms with E-state index >= 15 is 0 Å². The number of fused-ring (bicyclic) bond motifs is 1. The lowest BCUT2D eigenvalue weighted by molar-refractivity contribution is -0.138. The zero-order valence-corrected chi connectivity index (χ0v) is 11.4. The lowest BCUT2D eigenvalue weighted by Crippen LogP contribution is -2.50. The molecule has 20 heavy (non-hydrogen) atoms. The second-order valence-corrected chi connectivity index (χ2v) is 5.47. The van der Waals surface area contributed by atoms with Gasteiger partial charge in [-0.05, 0) is 32.2 Å². The van der Waals surface area contributed by atoms with Crippen LogP contribution in [0.5, 0.6) is 0 Å². The minimum Gasteiger partial charge on any atom is -0.481 e. The zero-order valence-electron chi connectivity index (χ0n) is 11.4. The van der Waals surface area contributed by atoms with Crippen molar-refractivity contribution in [3.63, 3.8) is 0 Å². The summed E-state index contributed by atoms with van der Waals surface area (Å²) in [5, 5.41) is 13.4. The molecule has 0 bridgehead atoms. The van der Waals surface area contributed by atoms with Gasteiger partial charge in [0.15, 0.2) is 0 Å². The Morgan fingerprint density at radius 1 is 1.15 bits per heavy atom. The lowest BCUT2D eigenvalue weighted by atomic mass is 9.98. The monoisotopic (exact) mass is 283 g/mol. The lowest BCUT2D eigenvalue weighted by Gasteiger charge is -2.35. The zero-order chi connectivity index (χ0) is 14.5. The number of rotatable bonds is 4. The first kappa shape index (κ1) is 14.8. The van der Waals surface area contributed by atoms with Crippen molar-refractivity contribution in [2.45, 2.75) is 50.6 Å². The number of hydrogen-bond donors (Lipinski definition) is 3. The maximum absolute atomic E-state index is 11.7. The number of carbonyl (C=O) groups excluding carboxylic acids is 2. The van der Waals surface area contributed by atoms with Crippen molar-refractivity contribution in [1.82, 2.24) is 15.5 Å². The molecule has 2 aliphatic rings. The number of nitrogens with zero attached hydrogens (tertiary/aromatic N) is 1. The van der Waals surface area contributed by atoms with Gasteiger partial charge in [-0.1, -0.05) is 0 Å². The third-order valence-electron chi connectivity index (χ3n) is 3.97. The van der Waals surface area contributed by atoms with Crippen molar-refractivity contribution in [3.05, 3.63) is 0 Å². The highest BCUT2D eigenvalue weighted by Crippen LogP contribution is 2.26. The molecule has 2 aliphatic heterocycles. The maximum atomic E-state index is 11.7. The van der Waals surface area contributed by atoms with Crippen LogP contribution < -0.4 is 10.6 Å². The first-order valence-corrected chi connectivity index (χ1v) is 7.11. The van der Waals surface area contributed by atoms with Crippen molar-refractivity contribution in [3.8, 4) is 0 Å². The highest BCUT2D eigenvalue weighted by Gasteiger charge is 2.32. The van der Waals surface area contributed by atoms with Crippen LogP contribution in [-0.4, -0.2) is 53.1 Å². The van der Waals surface area contributed by atoms with Gasteiger partial charge in [0.2, 0.25) is 5.91 Å². The predicted molar refractivity (Wildman–Crippen MR) is 71.2 cm³/mol. The Morgan fingerprint density at radius 2 is 1.95 bits per heavy atom. The Kier molecular flexibility index (Phi) is 4.94. The molecule has 0 saturated carbocycles. The molecule has 2 saturated heterocycles. The van der Waals surface area contributed by atoms with Crippen LogP contribution in [-0.2, 0) is 9.59 Å². The molecule has 2 unspecified atom stereocenters. The third-order valence-corrected chi connectivity index (χ3v) is 3.97. The summed E-state index contributed by atoms with van der Waals surface area (Å²) in [7, 11) is 0. The van der Waals surface area contributed by atoms with E-state index in [1.165, 1.54) is 12.8 Å². The van der Waals surface area contributed by atoms with Gasteiger partial charge in [-0.2, -0.15) is 0 Å². The number of nitrogens with one attached hydrogen (secondary N) is 2. The van der Waals surface area contributed by atoms with Gasteiger partial charge in [0.25, 0.3) is 0 Å². The SMILES string of the molecule is O=C(O)CCC(=O)NC(=O)NC1CCN2CCCC2C1. The summed E-state index contributed by atoms with van der Waals surface area (Å²) in [6.45, 7) is 2.14. The molecule has 0 aliphatic carbocycles. The highest BCUT2D eigenvalue weighted by atomic mass is 16.4. The summed E-state index contributed by atoms with van der Waals surface area (Å²) in [6, 6.07) is 0.134. The fourth-order valence-corrected chi connectivity index (χ4v) is 2.99. The van der Waals surface area contributed by atoms with Crippen LogP contribution in [0, 0.1) is 0 Å². The van der Waals surface area contributed by atoms with Gasteiger partial charge in [-0.15, -0.1) is 0 Å². The molecule has 0 radical (unpaired) electrons. The van der Waals surface area contributed by atoms with Crippen LogP contribution in [0.2, 0.25) is 0 Å². The standard InChI is InChI=1S/C13H21N3O4/c17-11(3-4-12(18)19)15-13(20)14-9-5-7-16-6-1-2-10(16)8-9/h9-10H,1-8H2,(H,18,19)(H2,14,15,17,20). The Bertz CT molecular complexity index is 399. The molecule has 2 atom stereocenters. The number of aliphatic carboxylic acids is 1. The first-order valence-electron chi connectivity index (χ1n) is 7.11. The number of piperidine rings is 1. The van der Waals surface area contributed by atoms with Crippen LogP contribution in [0.1, 0.15) is 38.5 Å². The molecule has 0 aromatic carbocycles. The predicted octanol–water partition coefficient (Wildman–Crippen LogP) is 0.304. The van der Waals surface area contributed by atoms with Gasteiger partial charge < -0.3 is 15.3 Å². The Labute approximate surface area is 117 Å². The van der Waals surface area contributed by atoms with Crippen molar-refractivity contribution >= 4 is 17.9 Å². The van der Waals surface area contributed by atoms with Crippen molar-refractivity contribution in [2.75, 3.05) is 13.1 Å². The average Bonchev–Trinajstić information content (AvgIpc) is 2.83. The average molecular weight is 283 g/mol. The van der Waals surface area contributed by atoms with Crippen LogP contribution >= 0.6 is 0 Å². The van der Waals surface area contributed by atoms with Gasteiger partial charge in [0, 0.05) is 25.0 Å². The van der Waals surface area contributed by atoms with E-state index < -0.39 is 17.9 Å². The Hall–Kier alpha value is -1.63. The molecule has 7 nitrogen and oxygen atoms in total. The number of hydrogen-bond acceptors (Lipinski definition) is 4. The summed E-state index contributed by atoms with van der Waals surface area (Å²) >= 11 is 0. The second-order valence-electron chi connectivity index (χ2n) is 5.47. The van der Waals surface area contributed by atoms with Gasteiger partial charge >= 0.3 is 12.0 Å². The van der Waals surface area contributed by atoms with E-state index in [9.17, 15) is 14.4 Å². The summed E-state index contributed by atoms with van der Waals surface area (Å²) < 4.78 is 0. The summed E-state index contributed by atoms with van der Waals surface area (Å²) in [5.41, 5.74) is 0. The van der Waals surface area contributed by atoms with Crippen molar-refractivity contribution in [2.24, 2.45) is 0 Å². The van der Waals surface area contributed by atoms with E-state index in [0.29, 0.717) is 6.04 Å². The minimum absolute atomic E-state index is 0.0987.